The van der Waals surface area contributed by atoms with E-state index in [2.05, 4.69) is 4.98 Å². The van der Waals surface area contributed by atoms with Gasteiger partial charge in [0.15, 0.2) is 0 Å². The molecule has 2 rings (SSSR count). The van der Waals surface area contributed by atoms with E-state index < -0.39 is 6.10 Å². The number of carbonyl (C=O) groups is 1. The molecule has 1 aliphatic heterocycles. The van der Waals surface area contributed by atoms with Crippen LogP contribution in [-0.2, 0) is 22.6 Å². The number of thiazole rings is 1. The Kier molecular flexibility index (Phi) is 4.28. The van der Waals surface area contributed by atoms with Crippen LogP contribution in [0.1, 0.15) is 10.7 Å². The summed E-state index contributed by atoms with van der Waals surface area (Å²) in [5.74, 6) is 0.0451. The summed E-state index contributed by atoms with van der Waals surface area (Å²) in [6.07, 6.45) is -0.0837. The lowest BCUT2D eigenvalue weighted by atomic mass is 10.4. The second-order valence-electron chi connectivity index (χ2n) is 4.47. The van der Waals surface area contributed by atoms with Crippen LogP contribution in [0.3, 0.4) is 0 Å². The minimum absolute atomic E-state index is 0.0451. The van der Waals surface area contributed by atoms with Crippen LogP contribution in [0.4, 0.5) is 0 Å². The smallest absolute Gasteiger partial charge is 0.228 e. The van der Waals surface area contributed by atoms with Crippen molar-refractivity contribution in [3.8, 4) is 0 Å². The van der Waals surface area contributed by atoms with Gasteiger partial charge in [0.2, 0.25) is 5.91 Å². The van der Waals surface area contributed by atoms with Gasteiger partial charge in [-0.25, -0.2) is 4.98 Å². The number of β-amino-alcohol motifs (C(OH)–C–C–N with tert-alkyl or cyclic N) is 1. The molecule has 0 aliphatic carbocycles. The molecule has 2 heterocycles. The molecule has 0 bridgehead atoms. The van der Waals surface area contributed by atoms with E-state index in [1.807, 2.05) is 5.38 Å². The van der Waals surface area contributed by atoms with Crippen molar-refractivity contribution in [3.63, 3.8) is 0 Å². The summed E-state index contributed by atoms with van der Waals surface area (Å²) in [5, 5.41) is 13.8. The Morgan fingerprint density at radius 1 is 1.72 bits per heavy atom. The second-order valence-corrected chi connectivity index (χ2v) is 5.41. The van der Waals surface area contributed by atoms with Crippen LogP contribution in [-0.4, -0.2) is 59.3 Å². The predicted octanol–water partition coefficient (Wildman–Crippen LogP) is -0.118. The highest BCUT2D eigenvalue weighted by atomic mass is 32.1. The number of hydrogen-bond donors (Lipinski definition) is 1. The summed E-state index contributed by atoms with van der Waals surface area (Å²) in [5.41, 5.74) is 0.871. The summed E-state index contributed by atoms with van der Waals surface area (Å²) in [6, 6.07) is 0. The third-order valence-corrected chi connectivity index (χ3v) is 3.50. The zero-order valence-electron chi connectivity index (χ0n) is 10.5. The van der Waals surface area contributed by atoms with Crippen LogP contribution in [0, 0.1) is 0 Å². The van der Waals surface area contributed by atoms with Crippen molar-refractivity contribution in [3.05, 3.63) is 16.1 Å². The van der Waals surface area contributed by atoms with Gasteiger partial charge < -0.3 is 10.0 Å². The van der Waals surface area contributed by atoms with Gasteiger partial charge >= 0.3 is 0 Å². The zero-order valence-corrected chi connectivity index (χ0v) is 11.3. The summed E-state index contributed by atoms with van der Waals surface area (Å²) in [4.78, 5) is 22.7. The molecule has 6 nitrogen and oxygen atoms in total. The minimum atomic E-state index is -0.418. The Morgan fingerprint density at radius 3 is 3.11 bits per heavy atom. The molecule has 0 aromatic carbocycles. The molecule has 1 aromatic rings. The van der Waals surface area contributed by atoms with Crippen molar-refractivity contribution in [1.29, 1.82) is 0 Å². The Morgan fingerprint density at radius 2 is 2.50 bits per heavy atom. The number of hydrogen-bond acceptors (Lipinski definition) is 6. The van der Waals surface area contributed by atoms with Gasteiger partial charge in [0.1, 0.15) is 5.01 Å². The first-order valence-corrected chi connectivity index (χ1v) is 6.62. The highest BCUT2D eigenvalue weighted by molar-refractivity contribution is 7.09. The molecule has 1 fully saturated rings. The van der Waals surface area contributed by atoms with E-state index in [-0.39, 0.29) is 5.91 Å². The fraction of sp³-hybridized carbons (Fsp3) is 0.636. The molecule has 100 valence electrons. The highest BCUT2D eigenvalue weighted by Crippen LogP contribution is 2.15. The maximum Gasteiger partial charge on any atom is 0.228 e. The second kappa shape index (κ2) is 5.75. The number of amides is 1. The third-order valence-electron chi connectivity index (χ3n) is 2.60. The van der Waals surface area contributed by atoms with Crippen LogP contribution in [0.2, 0.25) is 0 Å². The van der Waals surface area contributed by atoms with Gasteiger partial charge in [-0.3, -0.25) is 9.63 Å². The van der Waals surface area contributed by atoms with Crippen LogP contribution in [0.5, 0.6) is 0 Å². The van der Waals surface area contributed by atoms with Crippen LogP contribution < -0.4 is 0 Å². The first kappa shape index (κ1) is 13.4. The van der Waals surface area contributed by atoms with E-state index in [0.29, 0.717) is 26.1 Å². The van der Waals surface area contributed by atoms with Gasteiger partial charge in [-0.1, -0.05) is 0 Å². The minimum Gasteiger partial charge on any atom is -0.389 e. The Labute approximate surface area is 110 Å². The molecule has 1 atom stereocenters. The molecule has 1 aromatic heterocycles. The van der Waals surface area contributed by atoms with E-state index in [4.69, 9.17) is 4.84 Å². The van der Waals surface area contributed by atoms with Crippen molar-refractivity contribution in [1.82, 2.24) is 14.9 Å². The molecule has 18 heavy (non-hydrogen) atoms. The SMILES string of the molecule is CN(C)C(=O)Cc1nc(CN2CC(O)CO2)cs1. The van der Waals surface area contributed by atoms with E-state index in [1.165, 1.54) is 11.3 Å². The van der Waals surface area contributed by atoms with Gasteiger partial charge in [-0.2, -0.15) is 5.06 Å². The fourth-order valence-corrected chi connectivity index (χ4v) is 2.39. The van der Waals surface area contributed by atoms with E-state index in [0.717, 1.165) is 10.7 Å². The van der Waals surface area contributed by atoms with Gasteiger partial charge in [0.05, 0.1) is 37.9 Å². The van der Waals surface area contributed by atoms with E-state index >= 15 is 0 Å². The third kappa shape index (κ3) is 3.49. The molecule has 1 amide bonds. The van der Waals surface area contributed by atoms with Crippen LogP contribution in [0.15, 0.2) is 5.38 Å². The first-order chi connectivity index (χ1) is 8.54. The summed E-state index contributed by atoms with van der Waals surface area (Å²) in [6.45, 7) is 1.39. The van der Waals surface area contributed by atoms with Crippen molar-refractivity contribution < 1.29 is 14.7 Å². The number of carbonyl (C=O) groups excluding carboxylic acids is 1. The van der Waals surface area contributed by atoms with Gasteiger partial charge in [0, 0.05) is 19.5 Å². The Balaban J connectivity index is 1.88. The van der Waals surface area contributed by atoms with Gasteiger partial charge in [-0.05, 0) is 0 Å². The molecule has 1 saturated heterocycles. The molecule has 7 heteroatoms. The normalized spacial score (nSPS) is 20.3. The number of hydroxylamine groups is 2. The molecular weight excluding hydrogens is 254 g/mol. The van der Waals surface area contributed by atoms with E-state index in [9.17, 15) is 9.90 Å². The molecular formula is C11H17N3O3S. The number of aromatic nitrogens is 1. The molecule has 0 saturated carbocycles. The largest absolute Gasteiger partial charge is 0.389 e. The topological polar surface area (TPSA) is 65.9 Å². The lowest BCUT2D eigenvalue weighted by Gasteiger charge is -2.11. The monoisotopic (exact) mass is 271 g/mol. The van der Waals surface area contributed by atoms with Gasteiger partial charge in [-0.15, -0.1) is 11.3 Å². The van der Waals surface area contributed by atoms with Crippen molar-refractivity contribution >= 4 is 17.2 Å². The Hall–Kier alpha value is -1.02. The number of nitrogens with zero attached hydrogens (tertiary/aromatic N) is 3. The summed E-state index contributed by atoms with van der Waals surface area (Å²) >= 11 is 1.48. The van der Waals surface area contributed by atoms with Crippen molar-refractivity contribution in [2.45, 2.75) is 19.1 Å². The van der Waals surface area contributed by atoms with Crippen molar-refractivity contribution in [2.75, 3.05) is 27.2 Å². The molecule has 0 radical (unpaired) electrons. The number of rotatable bonds is 4. The van der Waals surface area contributed by atoms with E-state index in [1.54, 1.807) is 24.1 Å². The lowest BCUT2D eigenvalue weighted by Crippen LogP contribution is -2.23. The van der Waals surface area contributed by atoms with Crippen LogP contribution in [0.25, 0.3) is 0 Å². The quantitative estimate of drug-likeness (QED) is 0.827. The average molecular weight is 271 g/mol. The molecule has 1 unspecified atom stereocenters. The summed E-state index contributed by atoms with van der Waals surface area (Å²) in [7, 11) is 3.46. The highest BCUT2D eigenvalue weighted by Gasteiger charge is 2.22. The fourth-order valence-electron chi connectivity index (χ4n) is 1.61. The maximum atomic E-state index is 11.5. The molecule has 0 spiro atoms. The van der Waals surface area contributed by atoms with Crippen molar-refractivity contribution in [2.24, 2.45) is 0 Å². The van der Waals surface area contributed by atoms with Gasteiger partial charge in [0.25, 0.3) is 0 Å². The standard InChI is InChI=1S/C11H17N3O3S/c1-13(2)11(16)3-10-12-8(7-18-10)4-14-5-9(15)6-17-14/h7,9,15H,3-6H2,1-2H3. The number of aliphatic hydroxyl groups excluding tert-OH is 1. The molecule has 1 N–H and O–H groups in total. The molecule has 1 aliphatic rings. The van der Waals surface area contributed by atoms with Crippen LogP contribution >= 0.6 is 11.3 Å². The number of aliphatic hydroxyl groups is 1. The predicted molar refractivity (Wildman–Crippen MR) is 66.9 cm³/mol. The maximum absolute atomic E-state index is 11.5. The zero-order chi connectivity index (χ0) is 13.1. The average Bonchev–Trinajstić information content (AvgIpc) is 2.89. The number of likely N-dealkylation sites (N-methyl/N-ethyl adjacent to an activating group) is 1. The Bertz CT molecular complexity index is 421. The first-order valence-electron chi connectivity index (χ1n) is 5.74. The summed E-state index contributed by atoms with van der Waals surface area (Å²) < 4.78 is 0. The lowest BCUT2D eigenvalue weighted by molar-refractivity contribution is -0.127.